The van der Waals surface area contributed by atoms with Crippen LogP contribution < -0.4 is 10.2 Å². The maximum atomic E-state index is 12.9. The maximum absolute atomic E-state index is 12.9. The molecule has 26 heavy (non-hydrogen) atoms. The van der Waals surface area contributed by atoms with Gasteiger partial charge in [0.1, 0.15) is 0 Å². The van der Waals surface area contributed by atoms with Crippen molar-refractivity contribution in [3.8, 4) is 0 Å². The molecule has 0 radical (unpaired) electrons. The van der Waals surface area contributed by atoms with Crippen LogP contribution in [0, 0.1) is 6.92 Å². The van der Waals surface area contributed by atoms with Crippen molar-refractivity contribution in [1.82, 2.24) is 4.90 Å². The van der Waals surface area contributed by atoms with Crippen molar-refractivity contribution in [3.05, 3.63) is 59.7 Å². The number of carbonyl (C=O) groups is 1. The Morgan fingerprint density at radius 3 is 2.31 bits per heavy atom. The molecule has 1 aliphatic heterocycles. The number of benzene rings is 2. The molecule has 0 spiro atoms. The first kappa shape index (κ1) is 17.1. The van der Waals surface area contributed by atoms with Gasteiger partial charge in [-0.15, -0.1) is 0 Å². The summed E-state index contributed by atoms with van der Waals surface area (Å²) in [5.41, 5.74) is 4.10. The Morgan fingerprint density at radius 1 is 1.00 bits per heavy atom. The molecule has 1 saturated heterocycles. The lowest BCUT2D eigenvalue weighted by molar-refractivity contribution is -0.118. The molecule has 0 bridgehead atoms. The van der Waals surface area contributed by atoms with Crippen LogP contribution in [-0.4, -0.2) is 44.0 Å². The molecule has 1 N–H and O–H groups in total. The zero-order valence-electron chi connectivity index (χ0n) is 15.7. The molecule has 0 atom stereocenters. The van der Waals surface area contributed by atoms with Gasteiger partial charge in [0.25, 0.3) is 0 Å². The van der Waals surface area contributed by atoms with Gasteiger partial charge in [-0.2, -0.15) is 0 Å². The molecule has 136 valence electrons. The Hall–Kier alpha value is -2.33. The number of anilines is 2. The number of hydrogen-bond acceptors (Lipinski definition) is 3. The number of hydrogen-bond donors (Lipinski definition) is 1. The minimum atomic E-state index is -0.330. The normalized spacial score (nSPS) is 19.2. The Labute approximate surface area is 155 Å². The molecule has 2 aromatic rings. The van der Waals surface area contributed by atoms with Crippen LogP contribution in [0.15, 0.2) is 48.5 Å². The van der Waals surface area contributed by atoms with E-state index in [1.165, 1.54) is 5.69 Å². The summed E-state index contributed by atoms with van der Waals surface area (Å²) in [4.78, 5) is 17.7. The zero-order valence-corrected chi connectivity index (χ0v) is 15.7. The quantitative estimate of drug-likeness (QED) is 0.919. The summed E-state index contributed by atoms with van der Waals surface area (Å²) in [5, 5.41) is 3.18. The van der Waals surface area contributed by atoms with E-state index in [2.05, 4.69) is 59.4 Å². The molecule has 1 heterocycles. The summed E-state index contributed by atoms with van der Waals surface area (Å²) in [5.74, 6) is 0.124. The van der Waals surface area contributed by atoms with E-state index in [1.807, 2.05) is 18.2 Å². The number of likely N-dealkylation sites (N-methyl/N-ethyl adjacent to an activating group) is 1. The largest absolute Gasteiger partial charge is 0.369 e. The minimum absolute atomic E-state index is 0.124. The molecule has 0 unspecified atom stereocenters. The van der Waals surface area contributed by atoms with Gasteiger partial charge in [-0.3, -0.25) is 4.79 Å². The van der Waals surface area contributed by atoms with Gasteiger partial charge < -0.3 is 15.1 Å². The second-order valence-corrected chi connectivity index (χ2v) is 7.69. The molecular weight excluding hydrogens is 322 g/mol. The molecule has 1 aliphatic carbocycles. The summed E-state index contributed by atoms with van der Waals surface area (Å²) in [7, 11) is 2.17. The Bertz CT molecular complexity index is 790. The van der Waals surface area contributed by atoms with E-state index >= 15 is 0 Å². The van der Waals surface area contributed by atoms with Gasteiger partial charge in [-0.25, -0.2) is 0 Å². The van der Waals surface area contributed by atoms with Crippen LogP contribution in [0.2, 0.25) is 0 Å². The molecule has 1 saturated carbocycles. The van der Waals surface area contributed by atoms with Crippen LogP contribution in [0.3, 0.4) is 0 Å². The number of nitrogens with one attached hydrogen (secondary N) is 1. The number of rotatable bonds is 4. The highest BCUT2D eigenvalue weighted by Crippen LogP contribution is 2.49. The van der Waals surface area contributed by atoms with Gasteiger partial charge in [0, 0.05) is 37.6 Å². The monoisotopic (exact) mass is 349 g/mol. The highest BCUT2D eigenvalue weighted by atomic mass is 16.2. The van der Waals surface area contributed by atoms with Crippen molar-refractivity contribution in [2.45, 2.75) is 25.2 Å². The van der Waals surface area contributed by atoms with Crippen LogP contribution in [0.5, 0.6) is 0 Å². The van der Waals surface area contributed by atoms with Crippen LogP contribution in [0.25, 0.3) is 0 Å². The first-order chi connectivity index (χ1) is 12.6. The lowest BCUT2D eigenvalue weighted by Gasteiger charge is -2.34. The van der Waals surface area contributed by atoms with Crippen molar-refractivity contribution in [2.75, 3.05) is 43.4 Å². The number of carbonyl (C=O) groups excluding carboxylic acids is 1. The van der Waals surface area contributed by atoms with Gasteiger partial charge in [0.15, 0.2) is 0 Å². The summed E-state index contributed by atoms with van der Waals surface area (Å²) >= 11 is 0. The van der Waals surface area contributed by atoms with Crippen molar-refractivity contribution >= 4 is 17.3 Å². The van der Waals surface area contributed by atoms with E-state index in [9.17, 15) is 4.79 Å². The van der Waals surface area contributed by atoms with Gasteiger partial charge in [0.2, 0.25) is 5.91 Å². The van der Waals surface area contributed by atoms with Gasteiger partial charge in [0.05, 0.1) is 5.41 Å². The van der Waals surface area contributed by atoms with E-state index in [0.717, 1.165) is 55.8 Å². The van der Waals surface area contributed by atoms with E-state index in [0.29, 0.717) is 0 Å². The third-order valence-electron chi connectivity index (χ3n) is 5.84. The molecule has 4 heteroatoms. The van der Waals surface area contributed by atoms with Crippen LogP contribution in [0.4, 0.5) is 11.4 Å². The number of nitrogens with zero attached hydrogens (tertiary/aromatic N) is 2. The number of piperazine rings is 1. The van der Waals surface area contributed by atoms with Gasteiger partial charge >= 0.3 is 0 Å². The first-order valence-electron chi connectivity index (χ1n) is 9.50. The van der Waals surface area contributed by atoms with Crippen molar-refractivity contribution in [3.63, 3.8) is 0 Å². The van der Waals surface area contributed by atoms with E-state index in [4.69, 9.17) is 0 Å². The molecule has 1 amide bonds. The first-order valence-corrected chi connectivity index (χ1v) is 9.50. The molecule has 2 fully saturated rings. The molecule has 2 aliphatic rings. The fourth-order valence-corrected chi connectivity index (χ4v) is 3.82. The van der Waals surface area contributed by atoms with E-state index in [1.54, 1.807) is 0 Å². The predicted octanol–water partition coefficient (Wildman–Crippen LogP) is 3.42. The summed E-state index contributed by atoms with van der Waals surface area (Å²) in [6, 6.07) is 16.5. The Morgan fingerprint density at radius 2 is 1.69 bits per heavy atom. The van der Waals surface area contributed by atoms with Crippen molar-refractivity contribution < 1.29 is 4.79 Å². The van der Waals surface area contributed by atoms with Crippen LogP contribution in [-0.2, 0) is 10.2 Å². The standard InChI is InChI=1S/C22H27N3O/c1-17-16-19(25-14-12-24(2)13-15-25)8-9-20(17)23-21(26)22(10-11-22)18-6-4-3-5-7-18/h3-9,16H,10-15H2,1-2H3,(H,23,26). The fourth-order valence-electron chi connectivity index (χ4n) is 3.82. The number of aryl methyl sites for hydroxylation is 1. The Kier molecular flexibility index (Phi) is 4.45. The van der Waals surface area contributed by atoms with Crippen LogP contribution >= 0.6 is 0 Å². The summed E-state index contributed by atoms with van der Waals surface area (Å²) < 4.78 is 0. The Balaban J connectivity index is 1.48. The average Bonchev–Trinajstić information content (AvgIpc) is 3.47. The highest BCUT2D eigenvalue weighted by molar-refractivity contribution is 6.02. The van der Waals surface area contributed by atoms with Gasteiger partial charge in [-0.1, -0.05) is 30.3 Å². The molecule has 4 nitrogen and oxygen atoms in total. The molecule has 4 rings (SSSR count). The third kappa shape index (κ3) is 3.21. The zero-order chi connectivity index (χ0) is 18.1. The maximum Gasteiger partial charge on any atom is 0.235 e. The topological polar surface area (TPSA) is 35.6 Å². The predicted molar refractivity (Wildman–Crippen MR) is 107 cm³/mol. The van der Waals surface area contributed by atoms with E-state index in [-0.39, 0.29) is 11.3 Å². The smallest absolute Gasteiger partial charge is 0.235 e. The number of amides is 1. The third-order valence-corrected chi connectivity index (χ3v) is 5.84. The van der Waals surface area contributed by atoms with Crippen molar-refractivity contribution in [2.24, 2.45) is 0 Å². The van der Waals surface area contributed by atoms with E-state index < -0.39 is 0 Å². The summed E-state index contributed by atoms with van der Waals surface area (Å²) in [6.07, 6.45) is 1.86. The second-order valence-electron chi connectivity index (χ2n) is 7.69. The average molecular weight is 349 g/mol. The fraction of sp³-hybridized carbons (Fsp3) is 0.409. The molecular formula is C22H27N3O. The molecule has 0 aromatic heterocycles. The minimum Gasteiger partial charge on any atom is -0.369 e. The SMILES string of the molecule is Cc1cc(N2CCN(C)CC2)ccc1NC(=O)C1(c2ccccc2)CC1. The second kappa shape index (κ2) is 6.76. The van der Waals surface area contributed by atoms with Gasteiger partial charge in [-0.05, 0) is 56.1 Å². The van der Waals surface area contributed by atoms with Crippen LogP contribution in [0.1, 0.15) is 24.0 Å². The molecule has 2 aromatic carbocycles. The summed E-state index contributed by atoms with van der Waals surface area (Å²) in [6.45, 7) is 6.38. The lowest BCUT2D eigenvalue weighted by Crippen LogP contribution is -2.44. The van der Waals surface area contributed by atoms with Crippen molar-refractivity contribution in [1.29, 1.82) is 0 Å². The lowest BCUT2D eigenvalue weighted by atomic mass is 9.95. The highest BCUT2D eigenvalue weighted by Gasteiger charge is 2.51.